The van der Waals surface area contributed by atoms with Gasteiger partial charge in [0.25, 0.3) is 0 Å². The third-order valence-electron chi connectivity index (χ3n) is 3.13. The lowest BCUT2D eigenvalue weighted by atomic mass is 10.1. The zero-order valence-electron chi connectivity index (χ0n) is 11.8. The monoisotopic (exact) mass is 309 g/mol. The largest absolute Gasteiger partial charge is 0.493 e. The van der Waals surface area contributed by atoms with E-state index in [-0.39, 0.29) is 0 Å². The molecule has 0 atom stereocenters. The molecule has 0 unspecified atom stereocenters. The van der Waals surface area contributed by atoms with Crippen molar-refractivity contribution in [2.24, 2.45) is 0 Å². The highest BCUT2D eigenvalue weighted by Gasteiger charge is 2.02. The molecule has 2 aromatic rings. The van der Waals surface area contributed by atoms with Gasteiger partial charge >= 0.3 is 0 Å². The molecule has 4 heteroatoms. The van der Waals surface area contributed by atoms with Crippen LogP contribution in [0.25, 0.3) is 0 Å². The molecule has 1 aromatic heterocycles. The third-order valence-corrected chi connectivity index (χ3v) is 4.36. The molecule has 0 radical (unpaired) electrons. The zero-order valence-corrected chi connectivity index (χ0v) is 13.3. The summed E-state index contributed by atoms with van der Waals surface area (Å²) in [6.45, 7) is 2.92. The molecule has 0 spiro atoms. The number of hydrogen-bond donors (Lipinski definition) is 0. The van der Waals surface area contributed by atoms with Gasteiger partial charge < -0.3 is 4.74 Å². The molecule has 0 saturated heterocycles. The summed E-state index contributed by atoms with van der Waals surface area (Å²) in [6, 6.07) is 8.26. The van der Waals surface area contributed by atoms with Crippen LogP contribution in [0, 0.1) is 0 Å². The van der Waals surface area contributed by atoms with Crippen molar-refractivity contribution in [3.8, 4) is 5.75 Å². The summed E-state index contributed by atoms with van der Waals surface area (Å²) >= 11 is 7.44. The van der Waals surface area contributed by atoms with Crippen molar-refractivity contribution >= 4 is 22.9 Å². The number of benzene rings is 1. The van der Waals surface area contributed by atoms with E-state index in [2.05, 4.69) is 24.0 Å². The van der Waals surface area contributed by atoms with E-state index in [1.54, 1.807) is 11.3 Å². The molecule has 0 bridgehead atoms. The molecular formula is C16H20ClNOS. The Hall–Kier alpha value is -1.06. The molecule has 20 heavy (non-hydrogen) atoms. The van der Waals surface area contributed by atoms with E-state index < -0.39 is 0 Å². The first kappa shape index (κ1) is 15.3. The molecule has 0 saturated carbocycles. The molecule has 2 rings (SSSR count). The minimum atomic E-state index is 0.507. The minimum absolute atomic E-state index is 0.507. The predicted molar refractivity (Wildman–Crippen MR) is 85.9 cm³/mol. The lowest BCUT2D eigenvalue weighted by Crippen LogP contribution is -2.00. The van der Waals surface area contributed by atoms with Gasteiger partial charge in [-0.05, 0) is 37.3 Å². The van der Waals surface area contributed by atoms with Crippen LogP contribution in [0.2, 0.25) is 0 Å². The number of rotatable bonds is 8. The van der Waals surface area contributed by atoms with Crippen LogP contribution in [0.3, 0.4) is 0 Å². The quantitative estimate of drug-likeness (QED) is 0.514. The topological polar surface area (TPSA) is 22.1 Å². The average Bonchev–Trinajstić information content (AvgIpc) is 2.95. The van der Waals surface area contributed by atoms with Crippen LogP contribution < -0.4 is 4.74 Å². The second-order valence-electron chi connectivity index (χ2n) is 4.63. The highest BCUT2D eigenvalue weighted by atomic mass is 35.5. The number of nitrogens with zero attached hydrogens (tertiary/aromatic N) is 1. The first-order valence-corrected chi connectivity index (χ1v) is 8.45. The zero-order chi connectivity index (χ0) is 14.2. The molecule has 0 aliphatic heterocycles. The van der Waals surface area contributed by atoms with Crippen molar-refractivity contribution in [2.45, 2.75) is 38.5 Å². The van der Waals surface area contributed by atoms with Crippen LogP contribution in [0.4, 0.5) is 0 Å². The van der Waals surface area contributed by atoms with Gasteiger partial charge in [-0.25, -0.2) is 4.98 Å². The summed E-state index contributed by atoms with van der Waals surface area (Å²) in [5.41, 5.74) is 2.26. The maximum absolute atomic E-state index is 5.85. The smallest absolute Gasteiger partial charge is 0.122 e. The Morgan fingerprint density at radius 1 is 1.25 bits per heavy atom. The van der Waals surface area contributed by atoms with E-state index in [0.717, 1.165) is 43.7 Å². The minimum Gasteiger partial charge on any atom is -0.493 e. The van der Waals surface area contributed by atoms with Crippen molar-refractivity contribution in [2.75, 3.05) is 6.61 Å². The van der Waals surface area contributed by atoms with Crippen LogP contribution in [-0.2, 0) is 18.7 Å². The Morgan fingerprint density at radius 2 is 2.10 bits per heavy atom. The van der Waals surface area contributed by atoms with Crippen LogP contribution in [-0.4, -0.2) is 11.6 Å². The van der Waals surface area contributed by atoms with Crippen LogP contribution in [0.15, 0.2) is 29.6 Å². The Balaban J connectivity index is 1.68. The van der Waals surface area contributed by atoms with Crippen LogP contribution in [0.5, 0.6) is 5.75 Å². The van der Waals surface area contributed by atoms with Crippen molar-refractivity contribution in [1.29, 1.82) is 0 Å². The lowest BCUT2D eigenvalue weighted by Gasteiger charge is -2.09. The maximum atomic E-state index is 5.85. The summed E-state index contributed by atoms with van der Waals surface area (Å²) in [7, 11) is 0. The lowest BCUT2D eigenvalue weighted by molar-refractivity contribution is 0.304. The van der Waals surface area contributed by atoms with E-state index in [1.165, 1.54) is 10.6 Å². The van der Waals surface area contributed by atoms with Gasteiger partial charge in [0.1, 0.15) is 5.75 Å². The van der Waals surface area contributed by atoms with Gasteiger partial charge in [-0.1, -0.05) is 25.1 Å². The highest BCUT2D eigenvalue weighted by molar-refractivity contribution is 7.09. The SMILES string of the molecule is CCc1ccccc1OCCCCc1nc(CCl)cs1. The second-order valence-corrected chi connectivity index (χ2v) is 5.84. The van der Waals surface area contributed by atoms with Gasteiger partial charge in [-0.15, -0.1) is 22.9 Å². The predicted octanol–water partition coefficient (Wildman–Crippen LogP) is 4.85. The van der Waals surface area contributed by atoms with Crippen LogP contribution >= 0.6 is 22.9 Å². The number of para-hydroxylation sites is 1. The molecule has 108 valence electrons. The second kappa shape index (κ2) is 8.28. The molecule has 0 N–H and O–H groups in total. The third kappa shape index (κ3) is 4.50. The van der Waals surface area contributed by atoms with Crippen molar-refractivity contribution in [1.82, 2.24) is 4.98 Å². The van der Waals surface area contributed by atoms with E-state index in [1.807, 2.05) is 17.5 Å². The average molecular weight is 310 g/mol. The fraction of sp³-hybridized carbons (Fsp3) is 0.438. The number of thiazole rings is 1. The van der Waals surface area contributed by atoms with E-state index >= 15 is 0 Å². The Labute approximate surface area is 129 Å². The summed E-state index contributed by atoms with van der Waals surface area (Å²) in [5.74, 6) is 1.53. The van der Waals surface area contributed by atoms with Crippen molar-refractivity contribution in [3.05, 3.63) is 45.9 Å². The Kier molecular flexibility index (Phi) is 6.34. The van der Waals surface area contributed by atoms with Gasteiger partial charge in [-0.2, -0.15) is 0 Å². The summed E-state index contributed by atoms with van der Waals surface area (Å²) < 4.78 is 5.85. The van der Waals surface area contributed by atoms with Crippen molar-refractivity contribution < 1.29 is 4.74 Å². The van der Waals surface area contributed by atoms with Gasteiger partial charge in [0.05, 0.1) is 23.2 Å². The Bertz CT molecular complexity index is 527. The fourth-order valence-electron chi connectivity index (χ4n) is 2.02. The maximum Gasteiger partial charge on any atom is 0.122 e. The number of aryl methyl sites for hydroxylation is 2. The number of unbranched alkanes of at least 4 members (excludes halogenated alkanes) is 1. The first-order valence-electron chi connectivity index (χ1n) is 7.03. The summed E-state index contributed by atoms with van der Waals surface area (Å²) in [6.07, 6.45) is 4.17. The Morgan fingerprint density at radius 3 is 2.85 bits per heavy atom. The normalized spacial score (nSPS) is 10.7. The van der Waals surface area contributed by atoms with Gasteiger partial charge in [0, 0.05) is 5.38 Å². The summed E-state index contributed by atoms with van der Waals surface area (Å²) in [5, 5.41) is 3.21. The number of halogens is 1. The fourth-order valence-corrected chi connectivity index (χ4v) is 3.09. The van der Waals surface area contributed by atoms with Crippen LogP contribution in [0.1, 0.15) is 36.0 Å². The molecule has 1 heterocycles. The molecule has 1 aromatic carbocycles. The first-order chi connectivity index (χ1) is 9.83. The van der Waals surface area contributed by atoms with Crippen molar-refractivity contribution in [3.63, 3.8) is 0 Å². The number of hydrogen-bond acceptors (Lipinski definition) is 3. The molecule has 0 aliphatic rings. The number of aromatic nitrogens is 1. The standard InChI is InChI=1S/C16H20ClNOS/c1-2-13-7-3-4-8-15(13)19-10-6-5-9-16-18-14(11-17)12-20-16/h3-4,7-8,12H,2,5-6,9-11H2,1H3. The molecule has 0 amide bonds. The molecule has 2 nitrogen and oxygen atoms in total. The van der Waals surface area contributed by atoms with E-state index in [9.17, 15) is 0 Å². The molecule has 0 aliphatic carbocycles. The molecule has 0 fully saturated rings. The van der Waals surface area contributed by atoms with Gasteiger partial charge in [0.2, 0.25) is 0 Å². The highest BCUT2D eigenvalue weighted by Crippen LogP contribution is 2.19. The number of ether oxygens (including phenoxy) is 1. The summed E-state index contributed by atoms with van der Waals surface area (Å²) in [4.78, 5) is 4.46. The van der Waals surface area contributed by atoms with Gasteiger partial charge in [0.15, 0.2) is 0 Å². The molecular weight excluding hydrogens is 290 g/mol. The van der Waals surface area contributed by atoms with E-state index in [4.69, 9.17) is 16.3 Å². The van der Waals surface area contributed by atoms with E-state index in [0.29, 0.717) is 5.88 Å². The van der Waals surface area contributed by atoms with Gasteiger partial charge in [-0.3, -0.25) is 0 Å². The number of alkyl halides is 1.